The number of amides is 4. The van der Waals surface area contributed by atoms with E-state index in [2.05, 4.69) is 5.32 Å². The van der Waals surface area contributed by atoms with Gasteiger partial charge in [-0.1, -0.05) is 19.1 Å². The largest absolute Gasteiger partial charge is 0.441 e. The second-order valence-corrected chi connectivity index (χ2v) is 6.33. The molecule has 0 saturated carbocycles. The molecule has 0 atom stereocenters. The Balaban J connectivity index is 1.92. The van der Waals surface area contributed by atoms with Crippen LogP contribution in [-0.4, -0.2) is 30.9 Å². The minimum Gasteiger partial charge on any atom is -0.441 e. The highest BCUT2D eigenvalue weighted by molar-refractivity contribution is 6.39. The van der Waals surface area contributed by atoms with Crippen LogP contribution >= 0.6 is 0 Å². The number of nitrogens with zero attached hydrogens (tertiary/aromatic N) is 2. The molecule has 0 unspecified atom stereocenters. The first-order valence-electron chi connectivity index (χ1n) is 9.33. The molecule has 7 nitrogen and oxygen atoms in total. The van der Waals surface area contributed by atoms with E-state index in [1.807, 2.05) is 37.8 Å². The molecule has 2 aromatic rings. The van der Waals surface area contributed by atoms with Crippen LogP contribution in [-0.2, 0) is 16.0 Å². The third-order valence-corrected chi connectivity index (χ3v) is 4.68. The normalized spacial score (nSPS) is 15.9. The quantitative estimate of drug-likeness (QED) is 0.613. The molecule has 146 valence electrons. The van der Waals surface area contributed by atoms with Crippen LogP contribution in [0.5, 0.6) is 0 Å². The SMILES string of the molecule is CCc1ccc(N2C(=O)NC(=O)/C(=C/c3ccc(N(CC)CC)o3)C2=O)cc1. The van der Waals surface area contributed by atoms with E-state index >= 15 is 0 Å². The van der Waals surface area contributed by atoms with Crippen molar-refractivity contribution in [2.24, 2.45) is 0 Å². The van der Waals surface area contributed by atoms with Crippen LogP contribution in [0.1, 0.15) is 32.1 Å². The molecule has 1 aromatic heterocycles. The highest BCUT2D eigenvalue weighted by Crippen LogP contribution is 2.24. The minimum atomic E-state index is -0.764. The first-order chi connectivity index (χ1) is 13.5. The van der Waals surface area contributed by atoms with Crippen molar-refractivity contribution in [2.75, 3.05) is 22.9 Å². The maximum Gasteiger partial charge on any atom is 0.335 e. The van der Waals surface area contributed by atoms with Crippen LogP contribution in [0.3, 0.4) is 0 Å². The van der Waals surface area contributed by atoms with Crippen LogP contribution in [0, 0.1) is 0 Å². The maximum absolute atomic E-state index is 12.9. The summed E-state index contributed by atoms with van der Waals surface area (Å²) in [4.78, 5) is 40.4. The number of barbiturate groups is 1. The lowest BCUT2D eigenvalue weighted by Gasteiger charge is -2.26. The van der Waals surface area contributed by atoms with Crippen molar-refractivity contribution < 1.29 is 18.8 Å². The summed E-state index contributed by atoms with van der Waals surface area (Å²) in [5.41, 5.74) is 1.33. The fourth-order valence-corrected chi connectivity index (χ4v) is 3.04. The summed E-state index contributed by atoms with van der Waals surface area (Å²) in [6.07, 6.45) is 2.21. The fourth-order valence-electron chi connectivity index (χ4n) is 3.04. The molecule has 0 aliphatic carbocycles. The van der Waals surface area contributed by atoms with E-state index in [0.29, 0.717) is 17.3 Å². The van der Waals surface area contributed by atoms with E-state index in [1.165, 1.54) is 6.08 Å². The Kier molecular flexibility index (Phi) is 5.63. The zero-order valence-electron chi connectivity index (χ0n) is 16.2. The topological polar surface area (TPSA) is 82.9 Å². The molecule has 1 fully saturated rings. The van der Waals surface area contributed by atoms with Crippen LogP contribution < -0.4 is 15.1 Å². The van der Waals surface area contributed by atoms with Crippen molar-refractivity contribution in [3.05, 3.63) is 53.3 Å². The van der Waals surface area contributed by atoms with Gasteiger partial charge in [-0.25, -0.2) is 9.69 Å². The number of nitrogens with one attached hydrogen (secondary N) is 1. The van der Waals surface area contributed by atoms with Gasteiger partial charge in [0, 0.05) is 19.2 Å². The molecule has 3 rings (SSSR count). The monoisotopic (exact) mass is 381 g/mol. The lowest BCUT2D eigenvalue weighted by molar-refractivity contribution is -0.122. The van der Waals surface area contributed by atoms with Gasteiger partial charge in [-0.2, -0.15) is 0 Å². The first kappa shape index (κ1) is 19.4. The predicted molar refractivity (Wildman–Crippen MR) is 107 cm³/mol. The average Bonchev–Trinajstić information content (AvgIpc) is 3.15. The lowest BCUT2D eigenvalue weighted by Crippen LogP contribution is -2.54. The number of imide groups is 2. The van der Waals surface area contributed by atoms with E-state index in [0.717, 1.165) is 30.0 Å². The molecule has 2 heterocycles. The minimum absolute atomic E-state index is 0.153. The Morgan fingerprint density at radius 1 is 1.00 bits per heavy atom. The standard InChI is InChI=1S/C21H23N3O4/c1-4-14-7-9-15(10-8-14)24-20(26)17(19(25)22-21(24)27)13-16-11-12-18(28-16)23(5-2)6-3/h7-13H,4-6H2,1-3H3,(H,22,25,27)/b17-13-. The summed E-state index contributed by atoms with van der Waals surface area (Å²) in [5.74, 6) is -0.393. The van der Waals surface area contributed by atoms with Crippen LogP contribution in [0.25, 0.3) is 6.08 Å². The number of benzene rings is 1. The number of hydrogen-bond acceptors (Lipinski definition) is 5. The maximum atomic E-state index is 12.9. The van der Waals surface area contributed by atoms with E-state index in [4.69, 9.17) is 4.42 Å². The third-order valence-electron chi connectivity index (χ3n) is 4.68. The van der Waals surface area contributed by atoms with Crippen molar-refractivity contribution in [1.29, 1.82) is 0 Å². The van der Waals surface area contributed by atoms with Crippen LogP contribution in [0.15, 0.2) is 46.4 Å². The summed E-state index contributed by atoms with van der Waals surface area (Å²) in [5, 5.41) is 2.22. The van der Waals surface area contributed by atoms with Gasteiger partial charge in [0.05, 0.1) is 5.69 Å². The second-order valence-electron chi connectivity index (χ2n) is 6.33. The Morgan fingerprint density at radius 3 is 2.29 bits per heavy atom. The molecule has 1 aliphatic heterocycles. The molecule has 1 N–H and O–H groups in total. The van der Waals surface area contributed by atoms with Gasteiger partial charge in [0.15, 0.2) is 5.88 Å². The second kappa shape index (κ2) is 8.12. The molecule has 0 bridgehead atoms. The summed E-state index contributed by atoms with van der Waals surface area (Å²) in [6, 6.07) is 9.79. The number of rotatable bonds is 6. The molecular formula is C21H23N3O4. The van der Waals surface area contributed by atoms with Gasteiger partial charge in [0.25, 0.3) is 11.8 Å². The summed E-state index contributed by atoms with van der Waals surface area (Å²) in [7, 11) is 0. The van der Waals surface area contributed by atoms with Crippen LogP contribution in [0.4, 0.5) is 16.4 Å². The Hall–Kier alpha value is -3.35. The smallest absolute Gasteiger partial charge is 0.335 e. The fraction of sp³-hybridized carbons (Fsp3) is 0.286. The number of hydrogen-bond donors (Lipinski definition) is 1. The number of carbonyl (C=O) groups is 3. The number of urea groups is 1. The van der Waals surface area contributed by atoms with Gasteiger partial charge in [-0.15, -0.1) is 0 Å². The van der Waals surface area contributed by atoms with Crippen molar-refractivity contribution in [3.8, 4) is 0 Å². The van der Waals surface area contributed by atoms with E-state index < -0.39 is 17.8 Å². The molecule has 1 saturated heterocycles. The van der Waals surface area contributed by atoms with Gasteiger partial charge in [0.1, 0.15) is 11.3 Å². The summed E-state index contributed by atoms with van der Waals surface area (Å²) in [6.45, 7) is 7.58. The first-order valence-corrected chi connectivity index (χ1v) is 9.33. The summed E-state index contributed by atoms with van der Waals surface area (Å²) >= 11 is 0. The number of anilines is 2. The van der Waals surface area contributed by atoms with Crippen LogP contribution in [0.2, 0.25) is 0 Å². The predicted octanol–water partition coefficient (Wildman–Crippen LogP) is 3.35. The van der Waals surface area contributed by atoms with Gasteiger partial charge < -0.3 is 9.32 Å². The number of aryl methyl sites for hydroxylation is 1. The van der Waals surface area contributed by atoms with Gasteiger partial charge >= 0.3 is 6.03 Å². The van der Waals surface area contributed by atoms with Crippen molar-refractivity contribution in [3.63, 3.8) is 0 Å². The highest BCUT2D eigenvalue weighted by atomic mass is 16.4. The number of furan rings is 1. The third kappa shape index (κ3) is 3.69. The molecule has 0 spiro atoms. The van der Waals surface area contributed by atoms with Gasteiger partial charge in [-0.05, 0) is 50.1 Å². The van der Waals surface area contributed by atoms with Gasteiger partial charge in [0.2, 0.25) is 0 Å². The van der Waals surface area contributed by atoms with Crippen molar-refractivity contribution >= 4 is 35.5 Å². The lowest BCUT2D eigenvalue weighted by atomic mass is 10.1. The highest BCUT2D eigenvalue weighted by Gasteiger charge is 2.37. The molecule has 1 aromatic carbocycles. The average molecular weight is 381 g/mol. The molecule has 1 aliphatic rings. The Bertz CT molecular complexity index is 923. The van der Waals surface area contributed by atoms with Crippen molar-refractivity contribution in [2.45, 2.75) is 27.2 Å². The molecule has 4 amide bonds. The van der Waals surface area contributed by atoms with E-state index in [-0.39, 0.29) is 5.57 Å². The molecular weight excluding hydrogens is 358 g/mol. The number of carbonyl (C=O) groups excluding carboxylic acids is 3. The summed E-state index contributed by atoms with van der Waals surface area (Å²) < 4.78 is 5.74. The molecule has 7 heteroatoms. The molecule has 0 radical (unpaired) electrons. The van der Waals surface area contributed by atoms with E-state index in [1.54, 1.807) is 24.3 Å². The Labute approximate surface area is 163 Å². The zero-order valence-corrected chi connectivity index (χ0v) is 16.2. The van der Waals surface area contributed by atoms with E-state index in [9.17, 15) is 14.4 Å². The molecule has 28 heavy (non-hydrogen) atoms. The van der Waals surface area contributed by atoms with Crippen molar-refractivity contribution in [1.82, 2.24) is 5.32 Å². The van der Waals surface area contributed by atoms with Gasteiger partial charge in [-0.3, -0.25) is 14.9 Å². The zero-order chi connectivity index (χ0) is 20.3. The Morgan fingerprint density at radius 2 is 1.68 bits per heavy atom.